The lowest BCUT2D eigenvalue weighted by Crippen LogP contribution is -2.51. The van der Waals surface area contributed by atoms with E-state index in [0.717, 1.165) is 155 Å². The number of nitroso groups, excluding NO2 is 3. The molecular weight excluding hydrogens is 1030 g/mol. The predicted molar refractivity (Wildman–Crippen MR) is 359 cm³/mol. The molecule has 0 aromatic rings. The number of hydrogen-bond donors (Lipinski definition) is 2. The smallest absolute Gasteiger partial charge is 0.105 e. The van der Waals surface area contributed by atoms with Gasteiger partial charge in [-0.2, -0.15) is 14.7 Å². The van der Waals surface area contributed by atoms with E-state index in [9.17, 15) is 24.9 Å². The highest BCUT2D eigenvalue weighted by Gasteiger charge is 2.25. The molecule has 5 atom stereocenters. The van der Waals surface area contributed by atoms with Gasteiger partial charge >= 0.3 is 0 Å². The Bertz CT molecular complexity index is 1330. The van der Waals surface area contributed by atoms with Crippen molar-refractivity contribution in [2.45, 2.75) is 354 Å². The van der Waals surface area contributed by atoms with Gasteiger partial charge in [-0.3, -0.25) is 24.5 Å². The van der Waals surface area contributed by atoms with Crippen molar-refractivity contribution in [2.75, 3.05) is 98.2 Å². The normalized spacial score (nSPS) is 15.4. The van der Waals surface area contributed by atoms with E-state index >= 15 is 0 Å². The van der Waals surface area contributed by atoms with E-state index in [-0.39, 0.29) is 24.2 Å². The van der Waals surface area contributed by atoms with Crippen molar-refractivity contribution in [1.29, 1.82) is 0 Å². The lowest BCUT2D eigenvalue weighted by Gasteiger charge is -2.37. The van der Waals surface area contributed by atoms with E-state index in [4.69, 9.17) is 0 Å². The number of hydrogen-bond acceptors (Lipinski definition) is 13. The SMILES string of the molecule is CCCCCCCCCCC(O)CN(CCN1CCN(CCN(CC(CCCCCCCCCC)N=O)CC(CCCCCCCCCC)N=O)CC1)CCN(CC(O)CCCCCCCCCC)CC(CCCCCCCCCC)N=O. The van der Waals surface area contributed by atoms with Crippen molar-refractivity contribution < 1.29 is 10.2 Å². The standard InChI is InChI=1S/C70H142N8O5/c1-6-11-16-21-26-31-36-41-46-66(71-81)61-77(62-67(72-82)47-42-37-32-27-22-17-12-7-2)59-56-75-53-51-74(52-54-75)55-57-76(64-69(79)49-44-39-34-29-24-19-14-9-4)58-60-78(65-70(80)50-45-40-35-30-25-20-15-10-5)63-68(73-83)48-43-38-33-28-23-18-13-8-3/h66-70,79-80H,6-65H2,1-5H3. The van der Waals surface area contributed by atoms with Gasteiger partial charge in [-0.15, -0.1) is 0 Å². The zero-order chi connectivity index (χ0) is 60.3. The van der Waals surface area contributed by atoms with Gasteiger partial charge in [-0.1, -0.05) is 307 Å². The van der Waals surface area contributed by atoms with Crippen LogP contribution in [0.4, 0.5) is 0 Å². The van der Waals surface area contributed by atoms with Crippen LogP contribution in [0.5, 0.6) is 0 Å². The summed E-state index contributed by atoms with van der Waals surface area (Å²) in [6, 6.07) is -0.798. The van der Waals surface area contributed by atoms with Gasteiger partial charge < -0.3 is 10.2 Å². The molecule has 13 nitrogen and oxygen atoms in total. The molecule has 0 saturated carbocycles. The second-order valence-corrected chi connectivity index (χ2v) is 26.4. The van der Waals surface area contributed by atoms with Gasteiger partial charge in [-0.25, -0.2) is 0 Å². The highest BCUT2D eigenvalue weighted by atomic mass is 16.3. The number of nitrogens with zero attached hydrogens (tertiary/aromatic N) is 8. The molecule has 1 fully saturated rings. The third-order valence-electron chi connectivity index (χ3n) is 18.4. The third-order valence-corrected chi connectivity index (χ3v) is 18.4. The van der Waals surface area contributed by atoms with Crippen LogP contribution in [-0.4, -0.2) is 163 Å². The van der Waals surface area contributed by atoms with E-state index in [0.29, 0.717) is 32.7 Å². The largest absolute Gasteiger partial charge is 0.392 e. The first-order chi connectivity index (χ1) is 40.7. The number of unbranched alkanes of at least 4 members (excludes halogenated alkanes) is 35. The second-order valence-electron chi connectivity index (χ2n) is 26.4. The summed E-state index contributed by atoms with van der Waals surface area (Å²) < 4.78 is 0. The molecule has 13 heteroatoms. The number of aliphatic hydroxyl groups is 2. The van der Waals surface area contributed by atoms with Gasteiger partial charge in [0.1, 0.15) is 18.1 Å². The fourth-order valence-corrected chi connectivity index (χ4v) is 12.7. The third kappa shape index (κ3) is 50.1. The lowest BCUT2D eigenvalue weighted by molar-refractivity contribution is 0.0642. The minimum absolute atomic E-state index is 0.260. The topological polar surface area (TPSA) is 145 Å². The Kier molecular flexibility index (Phi) is 58.2. The molecule has 1 aliphatic heterocycles. The van der Waals surface area contributed by atoms with Crippen LogP contribution in [0.1, 0.15) is 324 Å². The summed E-state index contributed by atoms with van der Waals surface area (Å²) in [6.45, 7) is 23.2. The molecule has 1 rings (SSSR count). The van der Waals surface area contributed by atoms with Crippen LogP contribution in [0.2, 0.25) is 0 Å². The Morgan fingerprint density at radius 1 is 0.289 bits per heavy atom. The molecular formula is C70H142N8O5. The lowest BCUT2D eigenvalue weighted by atomic mass is 10.0. The Morgan fingerprint density at radius 2 is 0.506 bits per heavy atom. The highest BCUT2D eigenvalue weighted by Crippen LogP contribution is 2.20. The summed E-state index contributed by atoms with van der Waals surface area (Å²) >= 11 is 0. The van der Waals surface area contributed by atoms with E-state index in [1.165, 1.54) is 199 Å². The van der Waals surface area contributed by atoms with Crippen LogP contribution in [0.15, 0.2) is 15.5 Å². The zero-order valence-electron chi connectivity index (χ0n) is 56.0. The first-order valence-electron chi connectivity index (χ1n) is 36.7. The van der Waals surface area contributed by atoms with Gasteiger partial charge in [0.2, 0.25) is 0 Å². The summed E-state index contributed by atoms with van der Waals surface area (Å²) in [5.74, 6) is 0. The first-order valence-corrected chi connectivity index (χ1v) is 36.7. The molecule has 0 aromatic carbocycles. The zero-order valence-corrected chi connectivity index (χ0v) is 56.0. The summed E-state index contributed by atoms with van der Waals surface area (Å²) in [6.07, 6.45) is 52.9. The molecule has 0 spiro atoms. The molecule has 0 radical (unpaired) electrons. The van der Waals surface area contributed by atoms with Crippen molar-refractivity contribution in [3.8, 4) is 0 Å². The van der Waals surface area contributed by atoms with Crippen molar-refractivity contribution in [1.82, 2.24) is 24.5 Å². The Morgan fingerprint density at radius 3 is 0.783 bits per heavy atom. The van der Waals surface area contributed by atoms with Gasteiger partial charge in [0.05, 0.1) is 12.2 Å². The maximum Gasteiger partial charge on any atom is 0.105 e. The van der Waals surface area contributed by atoms with Gasteiger partial charge in [0, 0.05) is 98.2 Å². The molecule has 0 bridgehead atoms. The minimum Gasteiger partial charge on any atom is -0.392 e. The van der Waals surface area contributed by atoms with E-state index in [2.05, 4.69) is 74.6 Å². The summed E-state index contributed by atoms with van der Waals surface area (Å²) in [5, 5.41) is 34.1. The molecule has 492 valence electrons. The van der Waals surface area contributed by atoms with Crippen LogP contribution >= 0.6 is 0 Å². The Labute approximate surface area is 514 Å². The highest BCUT2D eigenvalue weighted by molar-refractivity contribution is 4.82. The molecule has 1 aliphatic rings. The molecule has 0 aliphatic carbocycles. The van der Waals surface area contributed by atoms with Gasteiger partial charge in [0.25, 0.3) is 0 Å². The second kappa shape index (κ2) is 60.8. The maximum atomic E-state index is 12.4. The average Bonchev–Trinajstić information content (AvgIpc) is 3.54. The maximum absolute atomic E-state index is 12.4. The fourth-order valence-electron chi connectivity index (χ4n) is 12.7. The van der Waals surface area contributed by atoms with E-state index in [1.54, 1.807) is 0 Å². The Hall–Kier alpha value is -1.48. The minimum atomic E-state index is -0.430. The summed E-state index contributed by atoms with van der Waals surface area (Å²) in [4.78, 5) is 49.3. The monoisotopic (exact) mass is 1180 g/mol. The van der Waals surface area contributed by atoms with Crippen LogP contribution < -0.4 is 0 Å². The summed E-state index contributed by atoms with van der Waals surface area (Å²) in [5.41, 5.74) is 0. The molecule has 1 heterocycles. The molecule has 5 unspecified atom stereocenters. The number of rotatable bonds is 67. The summed E-state index contributed by atoms with van der Waals surface area (Å²) in [7, 11) is 0. The molecule has 0 amide bonds. The average molecular weight is 1180 g/mol. The van der Waals surface area contributed by atoms with Crippen molar-refractivity contribution in [3.05, 3.63) is 14.7 Å². The molecule has 0 aromatic heterocycles. The number of piperazine rings is 1. The van der Waals surface area contributed by atoms with Crippen molar-refractivity contribution in [3.63, 3.8) is 0 Å². The predicted octanol–water partition coefficient (Wildman–Crippen LogP) is 18.3. The van der Waals surface area contributed by atoms with Crippen LogP contribution in [0.25, 0.3) is 0 Å². The van der Waals surface area contributed by atoms with Crippen LogP contribution in [0, 0.1) is 14.7 Å². The van der Waals surface area contributed by atoms with E-state index in [1.807, 2.05) is 0 Å². The van der Waals surface area contributed by atoms with E-state index < -0.39 is 6.10 Å². The van der Waals surface area contributed by atoms with Gasteiger partial charge in [-0.05, 0) is 32.1 Å². The molecule has 2 N–H and O–H groups in total. The van der Waals surface area contributed by atoms with Crippen molar-refractivity contribution in [2.24, 2.45) is 15.5 Å². The Balaban J connectivity index is 3.05. The quantitative estimate of drug-likeness (QED) is 0.0446. The fraction of sp³-hybridized carbons (Fsp3) is 1.00. The van der Waals surface area contributed by atoms with Crippen LogP contribution in [-0.2, 0) is 0 Å². The van der Waals surface area contributed by atoms with Gasteiger partial charge in [0.15, 0.2) is 0 Å². The van der Waals surface area contributed by atoms with Crippen LogP contribution in [0.3, 0.4) is 0 Å². The van der Waals surface area contributed by atoms with Crippen molar-refractivity contribution >= 4 is 0 Å². The molecule has 1 saturated heterocycles. The molecule has 83 heavy (non-hydrogen) atoms. The number of aliphatic hydroxyl groups excluding tert-OH is 2. The first kappa shape index (κ1) is 79.5.